The molecule has 0 radical (unpaired) electrons. The van der Waals surface area contributed by atoms with Crippen LogP contribution in [0, 0.1) is 0 Å². The maximum absolute atomic E-state index is 13.2. The third kappa shape index (κ3) is 3.94. The molecule has 1 unspecified atom stereocenters. The number of nitrogens with zero attached hydrogens (tertiary/aromatic N) is 4. The van der Waals surface area contributed by atoms with Gasteiger partial charge in [-0.1, -0.05) is 55.5 Å². The maximum Gasteiger partial charge on any atom is 0.274 e. The molecule has 0 aliphatic carbocycles. The van der Waals surface area contributed by atoms with E-state index in [2.05, 4.69) is 20.5 Å². The molecule has 4 rings (SSSR count). The van der Waals surface area contributed by atoms with E-state index in [1.54, 1.807) is 24.3 Å². The minimum atomic E-state index is -0.883. The maximum atomic E-state index is 13.2. The van der Waals surface area contributed by atoms with Gasteiger partial charge in [0.1, 0.15) is 17.4 Å². The molecule has 3 N–H and O–H groups in total. The van der Waals surface area contributed by atoms with Gasteiger partial charge in [0, 0.05) is 11.5 Å². The number of nitrogen functional groups attached to an aromatic ring is 1. The Morgan fingerprint density at radius 2 is 2.00 bits per heavy atom. The number of benzene rings is 1. The highest BCUT2D eigenvalue weighted by Gasteiger charge is 2.37. The second-order valence-corrected chi connectivity index (χ2v) is 8.05. The molecule has 9 nitrogen and oxygen atoms in total. The second-order valence-electron chi connectivity index (χ2n) is 7.04. The first-order chi connectivity index (χ1) is 14.4. The number of hydrogen-bond acceptors (Lipinski definition) is 8. The summed E-state index contributed by atoms with van der Waals surface area (Å²) >= 11 is 1.30. The number of carbonyl (C=O) groups is 2. The van der Waals surface area contributed by atoms with Crippen molar-refractivity contribution in [3.05, 3.63) is 53.0 Å². The number of ether oxygens (including phenoxy) is 1. The summed E-state index contributed by atoms with van der Waals surface area (Å²) in [5.74, 6) is 0.200. The summed E-state index contributed by atoms with van der Waals surface area (Å²) in [4.78, 5) is 31.4. The Labute approximate surface area is 176 Å². The highest BCUT2D eigenvalue weighted by molar-refractivity contribution is 7.15. The summed E-state index contributed by atoms with van der Waals surface area (Å²) in [5.41, 5.74) is 6.48. The number of amides is 2. The number of anilines is 3. The monoisotopic (exact) mass is 424 g/mol. The van der Waals surface area contributed by atoms with Crippen LogP contribution in [-0.4, -0.2) is 33.5 Å². The first-order valence-corrected chi connectivity index (χ1v) is 10.2. The molecule has 0 fully saturated rings. The van der Waals surface area contributed by atoms with Crippen LogP contribution in [0.5, 0.6) is 5.75 Å². The van der Waals surface area contributed by atoms with Gasteiger partial charge in [-0.05, 0) is 12.1 Å². The highest BCUT2D eigenvalue weighted by Crippen LogP contribution is 2.38. The average Bonchev–Trinajstić information content (AvgIpc) is 3.19. The predicted octanol–water partition coefficient (Wildman–Crippen LogP) is 2.74. The lowest BCUT2D eigenvalue weighted by Gasteiger charge is -2.33. The van der Waals surface area contributed by atoms with E-state index in [1.807, 2.05) is 32.0 Å². The van der Waals surface area contributed by atoms with Crippen LogP contribution in [0.2, 0.25) is 0 Å². The van der Waals surface area contributed by atoms with Gasteiger partial charge >= 0.3 is 0 Å². The van der Waals surface area contributed by atoms with Crippen molar-refractivity contribution in [1.29, 1.82) is 0 Å². The summed E-state index contributed by atoms with van der Waals surface area (Å²) in [6, 6.07) is 12.3. The molecule has 1 aliphatic heterocycles. The van der Waals surface area contributed by atoms with Crippen molar-refractivity contribution < 1.29 is 14.3 Å². The Morgan fingerprint density at radius 1 is 1.23 bits per heavy atom. The first kappa shape index (κ1) is 19.8. The van der Waals surface area contributed by atoms with Gasteiger partial charge in [-0.3, -0.25) is 19.8 Å². The van der Waals surface area contributed by atoms with Crippen LogP contribution in [0.3, 0.4) is 0 Å². The zero-order valence-corrected chi connectivity index (χ0v) is 17.2. The summed E-state index contributed by atoms with van der Waals surface area (Å²) in [6.07, 6.45) is -0.883. The lowest BCUT2D eigenvalue weighted by atomic mass is 10.1. The van der Waals surface area contributed by atoms with Gasteiger partial charge in [-0.2, -0.15) is 0 Å². The molecule has 1 atom stereocenters. The molecular formula is C20H20N6O3S. The van der Waals surface area contributed by atoms with Crippen LogP contribution in [0.15, 0.2) is 42.5 Å². The van der Waals surface area contributed by atoms with E-state index in [9.17, 15) is 9.59 Å². The van der Waals surface area contributed by atoms with Crippen LogP contribution >= 0.6 is 11.3 Å². The number of aromatic nitrogens is 3. The minimum Gasteiger partial charge on any atom is -0.472 e. The number of nitrogens with two attached hydrogens (primary N) is 1. The second kappa shape index (κ2) is 8.07. The number of hydrogen-bond donors (Lipinski definition) is 2. The van der Waals surface area contributed by atoms with E-state index in [-0.39, 0.29) is 24.1 Å². The number of pyridine rings is 1. The molecule has 10 heteroatoms. The van der Waals surface area contributed by atoms with E-state index >= 15 is 0 Å². The molecule has 30 heavy (non-hydrogen) atoms. The lowest BCUT2D eigenvalue weighted by molar-refractivity contribution is -0.128. The molecule has 2 aromatic heterocycles. The van der Waals surface area contributed by atoms with E-state index in [1.165, 1.54) is 16.2 Å². The van der Waals surface area contributed by atoms with Gasteiger partial charge in [0.05, 0.1) is 0 Å². The van der Waals surface area contributed by atoms with E-state index in [0.29, 0.717) is 16.4 Å². The molecule has 1 aromatic carbocycles. The number of fused-ring (bicyclic) bond motifs is 1. The zero-order chi connectivity index (χ0) is 21.3. The molecule has 1 aliphatic rings. The van der Waals surface area contributed by atoms with Crippen molar-refractivity contribution in [1.82, 2.24) is 15.2 Å². The van der Waals surface area contributed by atoms with Crippen molar-refractivity contribution in [3.63, 3.8) is 0 Å². The topological polar surface area (TPSA) is 123 Å². The fourth-order valence-electron chi connectivity index (χ4n) is 2.97. The van der Waals surface area contributed by atoms with Crippen molar-refractivity contribution in [2.45, 2.75) is 25.9 Å². The van der Waals surface area contributed by atoms with Crippen molar-refractivity contribution in [2.24, 2.45) is 0 Å². The first-order valence-electron chi connectivity index (χ1n) is 9.35. The number of carbonyl (C=O) groups excluding carboxylic acids is 2. The minimum absolute atomic E-state index is 0.208. The van der Waals surface area contributed by atoms with Crippen LogP contribution < -0.4 is 20.7 Å². The molecule has 3 heterocycles. The molecule has 154 valence electrons. The summed E-state index contributed by atoms with van der Waals surface area (Å²) in [5, 5.41) is 11.9. The standard InChI is InChI=1S/C20H20N6O3S/c1-11(2)18-24-25-20(30-18)23-15(27)10-26-17-13(8-9-14(21)22-17)29-16(19(26)28)12-6-4-3-5-7-12/h3-9,11,16H,10H2,1-2H3,(H2,21,22)(H,23,25,27). The van der Waals surface area contributed by atoms with Crippen LogP contribution in [-0.2, 0) is 9.59 Å². The molecular weight excluding hydrogens is 404 g/mol. The van der Waals surface area contributed by atoms with Gasteiger partial charge in [-0.25, -0.2) is 4.98 Å². The molecule has 0 bridgehead atoms. The Bertz CT molecular complexity index is 1090. The molecule has 0 saturated heterocycles. The number of nitrogens with one attached hydrogen (secondary N) is 1. The van der Waals surface area contributed by atoms with Gasteiger partial charge in [0.2, 0.25) is 17.1 Å². The van der Waals surface area contributed by atoms with Crippen molar-refractivity contribution in [3.8, 4) is 5.75 Å². The third-order valence-electron chi connectivity index (χ3n) is 4.44. The van der Waals surface area contributed by atoms with E-state index in [0.717, 1.165) is 5.01 Å². The van der Waals surface area contributed by atoms with Gasteiger partial charge < -0.3 is 10.5 Å². The smallest absolute Gasteiger partial charge is 0.274 e. The van der Waals surface area contributed by atoms with Crippen LogP contribution in [0.4, 0.5) is 16.8 Å². The van der Waals surface area contributed by atoms with Crippen molar-refractivity contribution in [2.75, 3.05) is 22.5 Å². The van der Waals surface area contributed by atoms with Gasteiger partial charge in [0.15, 0.2) is 11.6 Å². The Morgan fingerprint density at radius 3 is 2.70 bits per heavy atom. The number of rotatable bonds is 5. The zero-order valence-electron chi connectivity index (χ0n) is 16.4. The third-order valence-corrected chi connectivity index (χ3v) is 5.58. The van der Waals surface area contributed by atoms with E-state index < -0.39 is 17.9 Å². The Kier molecular flexibility index (Phi) is 5.32. The van der Waals surface area contributed by atoms with Crippen LogP contribution in [0.1, 0.15) is 36.4 Å². The highest BCUT2D eigenvalue weighted by atomic mass is 32.1. The largest absolute Gasteiger partial charge is 0.472 e. The lowest BCUT2D eigenvalue weighted by Crippen LogP contribution is -2.45. The van der Waals surface area contributed by atoms with E-state index in [4.69, 9.17) is 10.5 Å². The fourth-order valence-corrected chi connectivity index (χ4v) is 3.73. The predicted molar refractivity (Wildman–Crippen MR) is 113 cm³/mol. The fraction of sp³-hybridized carbons (Fsp3) is 0.250. The normalized spacial score (nSPS) is 15.6. The Hall–Kier alpha value is -3.53. The molecule has 3 aromatic rings. The Balaban J connectivity index is 1.60. The summed E-state index contributed by atoms with van der Waals surface area (Å²) < 4.78 is 5.88. The average molecular weight is 424 g/mol. The summed E-state index contributed by atoms with van der Waals surface area (Å²) in [7, 11) is 0. The molecule has 0 spiro atoms. The van der Waals surface area contributed by atoms with Gasteiger partial charge in [-0.15, -0.1) is 10.2 Å². The van der Waals surface area contributed by atoms with Crippen molar-refractivity contribution >= 4 is 39.9 Å². The quantitative estimate of drug-likeness (QED) is 0.645. The summed E-state index contributed by atoms with van der Waals surface area (Å²) in [6.45, 7) is 3.73. The van der Waals surface area contributed by atoms with Gasteiger partial charge in [0.25, 0.3) is 5.91 Å². The molecule has 0 saturated carbocycles. The molecule has 2 amide bonds. The van der Waals surface area contributed by atoms with Crippen LogP contribution in [0.25, 0.3) is 0 Å². The SMILES string of the molecule is CC(C)c1nnc(NC(=O)CN2C(=O)C(c3ccccc3)Oc3ccc(N)nc32)s1.